The predicted octanol–water partition coefficient (Wildman–Crippen LogP) is 1.02. The van der Waals surface area contributed by atoms with Crippen molar-refractivity contribution in [3.8, 4) is 0 Å². The smallest absolute Gasteiger partial charge is 0.245 e. The quantitative estimate of drug-likeness (QED) is 0.220. The van der Waals surface area contributed by atoms with Gasteiger partial charge in [0.25, 0.3) is 0 Å². The van der Waals surface area contributed by atoms with Gasteiger partial charge in [-0.1, -0.05) is 46.0 Å². The second kappa shape index (κ2) is 18.8. The van der Waals surface area contributed by atoms with Crippen LogP contribution in [-0.4, -0.2) is 113 Å². The number of nitrogens with zero attached hydrogens (tertiary/aromatic N) is 2. The van der Waals surface area contributed by atoms with E-state index in [0.717, 1.165) is 57.8 Å². The summed E-state index contributed by atoms with van der Waals surface area (Å²) in [4.78, 5) is 72.8. The van der Waals surface area contributed by atoms with E-state index < -0.39 is 66.0 Å². The maximum Gasteiger partial charge on any atom is 0.245 e. The van der Waals surface area contributed by atoms with E-state index in [-0.39, 0.29) is 18.4 Å². The number of hydrogen-bond acceptors (Lipinski definition) is 8. The topological polar surface area (TPSA) is 186 Å². The highest BCUT2D eigenvalue weighted by Crippen LogP contribution is 2.28. The molecule has 13 nitrogen and oxygen atoms in total. The van der Waals surface area contributed by atoms with E-state index in [9.17, 15) is 29.1 Å². The molecule has 1 saturated heterocycles. The molecule has 0 unspecified atom stereocenters. The van der Waals surface area contributed by atoms with Gasteiger partial charge in [-0.05, 0) is 77.0 Å². The Labute approximate surface area is 287 Å². The van der Waals surface area contributed by atoms with E-state index in [1.165, 1.54) is 11.8 Å². The molecule has 3 aliphatic rings. The summed E-state index contributed by atoms with van der Waals surface area (Å²) in [6, 6.07) is -5.25. The van der Waals surface area contributed by atoms with E-state index >= 15 is 0 Å². The Morgan fingerprint density at radius 1 is 0.812 bits per heavy atom. The molecule has 1 aliphatic heterocycles. The van der Waals surface area contributed by atoms with Crippen molar-refractivity contribution in [2.75, 3.05) is 26.7 Å². The molecule has 0 bridgehead atoms. The lowest BCUT2D eigenvalue weighted by Gasteiger charge is -2.38. The van der Waals surface area contributed by atoms with Crippen LogP contribution in [0.15, 0.2) is 0 Å². The molecule has 2 saturated carbocycles. The fourth-order valence-electron chi connectivity index (χ4n) is 7.51. The first-order valence-electron chi connectivity index (χ1n) is 18.3. The van der Waals surface area contributed by atoms with Gasteiger partial charge in [-0.3, -0.25) is 28.9 Å². The van der Waals surface area contributed by atoms with Crippen LogP contribution in [0.2, 0.25) is 0 Å². The largest absolute Gasteiger partial charge is 0.391 e. The molecule has 0 aromatic rings. The number of aliphatic hydroxyl groups excluding tert-OH is 1. The summed E-state index contributed by atoms with van der Waals surface area (Å²) in [6.45, 7) is 10.00. The van der Waals surface area contributed by atoms with Gasteiger partial charge in [0.05, 0.1) is 12.1 Å². The van der Waals surface area contributed by atoms with E-state index in [2.05, 4.69) is 40.0 Å². The highest BCUT2D eigenvalue weighted by molar-refractivity contribution is 5.96. The predicted molar refractivity (Wildman–Crippen MR) is 184 cm³/mol. The van der Waals surface area contributed by atoms with Crippen LogP contribution in [0.3, 0.4) is 0 Å². The van der Waals surface area contributed by atoms with Crippen LogP contribution in [-0.2, 0) is 24.0 Å². The van der Waals surface area contributed by atoms with Crippen molar-refractivity contribution >= 4 is 29.5 Å². The van der Waals surface area contributed by atoms with Crippen molar-refractivity contribution < 1.29 is 29.1 Å². The maximum absolute atomic E-state index is 14.2. The van der Waals surface area contributed by atoms with Crippen molar-refractivity contribution in [3.05, 3.63) is 0 Å². The Kier molecular flexibility index (Phi) is 15.6. The maximum atomic E-state index is 14.2. The third-order valence-electron chi connectivity index (χ3n) is 10.5. The van der Waals surface area contributed by atoms with Gasteiger partial charge in [-0.25, -0.2) is 0 Å². The first-order valence-corrected chi connectivity index (χ1v) is 18.3. The van der Waals surface area contributed by atoms with Crippen LogP contribution in [0, 0.1) is 17.8 Å². The fraction of sp³-hybridized carbons (Fsp3) is 0.857. The van der Waals surface area contributed by atoms with E-state index in [4.69, 9.17) is 5.73 Å². The number of likely N-dealkylation sites (N-methyl/N-ethyl adjacent to an activating group) is 1. The molecule has 48 heavy (non-hydrogen) atoms. The minimum absolute atomic E-state index is 0.153. The van der Waals surface area contributed by atoms with Crippen LogP contribution in [0.5, 0.6) is 0 Å². The van der Waals surface area contributed by atoms with Gasteiger partial charge < -0.3 is 37.0 Å². The molecule has 5 amide bonds. The third-order valence-corrected chi connectivity index (χ3v) is 10.5. The molecule has 13 heteroatoms. The van der Waals surface area contributed by atoms with Crippen LogP contribution in [0.4, 0.5) is 0 Å². The summed E-state index contributed by atoms with van der Waals surface area (Å²) < 4.78 is 0. The number of hydrogen-bond donors (Lipinski definition) is 6. The second-order valence-corrected chi connectivity index (χ2v) is 15.0. The second-order valence-electron chi connectivity index (χ2n) is 15.0. The normalized spacial score (nSPS) is 31.1. The Morgan fingerprint density at radius 3 is 2.02 bits per heavy atom. The van der Waals surface area contributed by atoms with Crippen molar-refractivity contribution in [3.63, 3.8) is 0 Å². The molecule has 7 atom stereocenters. The van der Waals surface area contributed by atoms with Crippen LogP contribution in [0.1, 0.15) is 105 Å². The van der Waals surface area contributed by atoms with Crippen molar-refractivity contribution in [2.45, 2.75) is 148 Å². The van der Waals surface area contributed by atoms with E-state index in [1.807, 2.05) is 13.8 Å². The van der Waals surface area contributed by atoms with Gasteiger partial charge in [0, 0.05) is 32.7 Å². The number of rotatable bonds is 8. The van der Waals surface area contributed by atoms with Crippen molar-refractivity contribution in [2.24, 2.45) is 23.5 Å². The molecular weight excluding hydrogens is 614 g/mol. The highest BCUT2D eigenvalue weighted by atomic mass is 16.3. The molecule has 3 rings (SSSR count). The van der Waals surface area contributed by atoms with Crippen LogP contribution >= 0.6 is 0 Å². The average molecular weight is 678 g/mol. The third kappa shape index (κ3) is 11.1. The zero-order valence-corrected chi connectivity index (χ0v) is 30.1. The zero-order chi connectivity index (χ0) is 35.5. The lowest BCUT2D eigenvalue weighted by Crippen LogP contribution is -2.63. The lowest BCUT2D eigenvalue weighted by molar-refractivity contribution is -0.144. The molecule has 3 fully saturated rings. The summed E-state index contributed by atoms with van der Waals surface area (Å²) in [5.41, 5.74) is 5.95. The average Bonchev–Trinajstić information content (AvgIpc) is 3.56. The first kappa shape index (κ1) is 39.7. The molecule has 0 spiro atoms. The van der Waals surface area contributed by atoms with Crippen molar-refractivity contribution in [1.82, 2.24) is 31.1 Å². The summed E-state index contributed by atoms with van der Waals surface area (Å²) >= 11 is 0. The summed E-state index contributed by atoms with van der Waals surface area (Å²) in [7, 11) is 1.67. The molecule has 1 heterocycles. The number of amides is 5. The van der Waals surface area contributed by atoms with Gasteiger partial charge in [0.2, 0.25) is 29.5 Å². The Morgan fingerprint density at radius 2 is 1.44 bits per heavy atom. The van der Waals surface area contributed by atoms with E-state index in [0.29, 0.717) is 37.8 Å². The Hall–Kier alpha value is -2.77. The van der Waals surface area contributed by atoms with Crippen LogP contribution in [0.25, 0.3) is 0 Å². The number of carbonyl (C=O) groups excluding carboxylic acids is 5. The molecule has 0 radical (unpaired) electrons. The standard InChI is InChI=1S/C35H63N7O6/c1-21(2)16-17-28-32(45)40-30(26-14-8-7-9-15-26)34(47)38-27(18-36)31(44)39-29(24(5)43)33(46)37-22(3)19-42(20-25-12-10-11-13-25)23(4)35(48)41(28)6/h21-30,43H,7-20,36H2,1-6H3,(H,37,46)(H,38,47)(H,39,44)(H,40,45)/t22-,23+,24+,27+,28+,29+,30+/m1/s1. The minimum Gasteiger partial charge on any atom is -0.391 e. The van der Waals surface area contributed by atoms with Gasteiger partial charge >= 0.3 is 0 Å². The monoisotopic (exact) mass is 677 g/mol. The number of nitrogens with two attached hydrogens (primary N) is 1. The molecule has 0 aromatic heterocycles. The summed E-state index contributed by atoms with van der Waals surface area (Å²) in [6.07, 6.45) is 8.65. The number of nitrogens with one attached hydrogen (secondary N) is 4. The van der Waals surface area contributed by atoms with Gasteiger partial charge in [-0.2, -0.15) is 0 Å². The fourth-order valence-corrected chi connectivity index (χ4v) is 7.51. The van der Waals surface area contributed by atoms with Gasteiger partial charge in [0.15, 0.2) is 0 Å². The molecule has 274 valence electrons. The van der Waals surface area contributed by atoms with Gasteiger partial charge in [-0.15, -0.1) is 0 Å². The van der Waals surface area contributed by atoms with Crippen LogP contribution < -0.4 is 27.0 Å². The number of carbonyl (C=O) groups is 5. The van der Waals surface area contributed by atoms with E-state index in [1.54, 1.807) is 7.05 Å². The zero-order valence-electron chi connectivity index (χ0n) is 30.1. The highest BCUT2D eigenvalue weighted by Gasteiger charge is 2.39. The summed E-state index contributed by atoms with van der Waals surface area (Å²) in [5.74, 6) is -1.86. The molecule has 7 N–H and O–H groups in total. The molecular formula is C35H63N7O6. The Balaban J connectivity index is 2.04. The first-order chi connectivity index (χ1) is 22.7. The minimum atomic E-state index is -1.30. The summed E-state index contributed by atoms with van der Waals surface area (Å²) in [5, 5.41) is 21.7. The Bertz CT molecular complexity index is 1090. The lowest BCUT2D eigenvalue weighted by atomic mass is 9.83. The van der Waals surface area contributed by atoms with Gasteiger partial charge in [0.1, 0.15) is 24.2 Å². The van der Waals surface area contributed by atoms with Crippen molar-refractivity contribution in [1.29, 1.82) is 0 Å². The molecule has 0 aromatic carbocycles. The number of aliphatic hydroxyl groups is 1. The molecule has 2 aliphatic carbocycles. The SMILES string of the molecule is CC(C)CC[C@H]1C(=O)N[C@@H](C2CCCCC2)C(=O)N[C@@H](CN)C(=O)N[C@@H]([C@H](C)O)C(=O)N[C@H](C)CN(CC2CCCC2)[C@@H](C)C(=O)N1C.